The summed E-state index contributed by atoms with van der Waals surface area (Å²) < 4.78 is 0. The minimum atomic E-state index is -0.853. The van der Waals surface area contributed by atoms with E-state index in [1.807, 2.05) is 17.5 Å². The summed E-state index contributed by atoms with van der Waals surface area (Å²) in [6.45, 7) is 0.542. The Morgan fingerprint density at radius 2 is 2.25 bits per heavy atom. The van der Waals surface area contributed by atoms with E-state index >= 15 is 0 Å². The predicted molar refractivity (Wildman–Crippen MR) is 59.0 cm³/mol. The van der Waals surface area contributed by atoms with E-state index in [4.69, 9.17) is 10.8 Å². The molecule has 2 rings (SSSR count). The first kappa shape index (κ1) is 11.1. The zero-order valence-corrected chi connectivity index (χ0v) is 9.31. The molecular formula is C10H12N2O3S. The van der Waals surface area contributed by atoms with Crippen molar-refractivity contribution >= 4 is 23.2 Å². The first-order valence-corrected chi connectivity index (χ1v) is 5.78. The lowest BCUT2D eigenvalue weighted by molar-refractivity contribution is -0.153. The smallest absolute Gasteiger partial charge is 0.310 e. The minimum absolute atomic E-state index is 0.194. The van der Waals surface area contributed by atoms with Gasteiger partial charge in [0.25, 0.3) is 0 Å². The number of rotatable bonds is 3. The Bertz CT molecular complexity index is 398. The highest BCUT2D eigenvalue weighted by Gasteiger charge is 2.37. The van der Waals surface area contributed by atoms with Crippen LogP contribution in [0.2, 0.25) is 0 Å². The molecule has 0 spiro atoms. The molecule has 1 aromatic rings. The summed E-state index contributed by atoms with van der Waals surface area (Å²) in [4.78, 5) is 24.7. The van der Waals surface area contributed by atoms with Gasteiger partial charge in [0.05, 0.1) is 5.92 Å². The lowest BCUT2D eigenvalue weighted by atomic mass is 9.99. The van der Waals surface area contributed by atoms with Crippen LogP contribution < -0.4 is 5.73 Å². The molecule has 0 aromatic carbocycles. The lowest BCUT2D eigenvalue weighted by Gasteiger charge is -2.37. The molecule has 1 fully saturated rings. The van der Waals surface area contributed by atoms with Gasteiger partial charge in [-0.1, -0.05) is 6.07 Å². The summed E-state index contributed by atoms with van der Waals surface area (Å²) in [6, 6.07) is 2.99. The van der Waals surface area contributed by atoms with Crippen molar-refractivity contribution in [2.24, 2.45) is 11.7 Å². The van der Waals surface area contributed by atoms with Crippen molar-refractivity contribution in [2.75, 3.05) is 13.1 Å². The number of carbonyl (C=O) groups is 2. The van der Waals surface area contributed by atoms with Gasteiger partial charge in [-0.2, -0.15) is 0 Å². The Morgan fingerprint density at radius 1 is 1.56 bits per heavy atom. The van der Waals surface area contributed by atoms with Gasteiger partial charge in [-0.15, -0.1) is 11.3 Å². The fraction of sp³-hybridized carbons (Fsp3) is 0.400. The molecule has 1 saturated heterocycles. The van der Waals surface area contributed by atoms with E-state index in [9.17, 15) is 9.59 Å². The van der Waals surface area contributed by atoms with Crippen molar-refractivity contribution in [3.63, 3.8) is 0 Å². The Labute approximate surface area is 96.5 Å². The Balaban J connectivity index is 1.93. The summed E-state index contributed by atoms with van der Waals surface area (Å²) in [5.74, 6) is -1.48. The molecule has 1 aliphatic heterocycles. The average Bonchev–Trinajstić information content (AvgIpc) is 2.65. The molecule has 0 aliphatic carbocycles. The number of aliphatic carboxylic acids is 1. The molecule has 0 saturated carbocycles. The lowest BCUT2D eigenvalue weighted by Crippen LogP contribution is -2.55. The zero-order chi connectivity index (χ0) is 11.7. The normalized spacial score (nSPS) is 17.9. The third-order valence-corrected chi connectivity index (χ3v) is 3.61. The van der Waals surface area contributed by atoms with E-state index in [2.05, 4.69) is 0 Å². The van der Waals surface area contributed by atoms with Crippen LogP contribution in [0.3, 0.4) is 0 Å². The van der Waals surface area contributed by atoms with Gasteiger partial charge < -0.3 is 15.7 Å². The second-order valence-electron chi connectivity index (χ2n) is 3.77. The van der Waals surface area contributed by atoms with Crippen LogP contribution in [0.15, 0.2) is 17.5 Å². The summed E-state index contributed by atoms with van der Waals surface area (Å²) in [5.41, 5.74) is 5.79. The fourth-order valence-corrected chi connectivity index (χ4v) is 2.32. The molecule has 16 heavy (non-hydrogen) atoms. The van der Waals surface area contributed by atoms with Crippen molar-refractivity contribution in [3.05, 3.63) is 22.4 Å². The molecule has 0 bridgehead atoms. The van der Waals surface area contributed by atoms with E-state index in [1.165, 1.54) is 16.2 Å². The van der Waals surface area contributed by atoms with Crippen molar-refractivity contribution in [1.82, 2.24) is 4.90 Å². The molecule has 2 heterocycles. The van der Waals surface area contributed by atoms with Crippen LogP contribution in [-0.2, 0) is 9.59 Å². The van der Waals surface area contributed by atoms with Crippen molar-refractivity contribution in [3.8, 4) is 0 Å². The molecule has 1 aliphatic rings. The molecular weight excluding hydrogens is 228 g/mol. The number of carboxylic acids is 1. The standard InChI is InChI=1S/C10H12N2O3S/c11-8(7-2-1-3-16-7)9(13)12-4-6(5-12)10(14)15/h1-3,6,8H,4-5,11H2,(H,14,15). The molecule has 1 atom stereocenters. The van der Waals surface area contributed by atoms with Crippen LogP contribution in [-0.4, -0.2) is 35.0 Å². The molecule has 5 nitrogen and oxygen atoms in total. The number of nitrogens with zero attached hydrogens (tertiary/aromatic N) is 1. The van der Waals surface area contributed by atoms with Gasteiger partial charge >= 0.3 is 5.97 Å². The third-order valence-electron chi connectivity index (χ3n) is 2.66. The summed E-state index contributed by atoms with van der Waals surface area (Å²) >= 11 is 1.43. The van der Waals surface area contributed by atoms with Gasteiger partial charge in [-0.3, -0.25) is 9.59 Å². The fourth-order valence-electron chi connectivity index (χ4n) is 1.60. The van der Waals surface area contributed by atoms with Gasteiger partial charge in [0.2, 0.25) is 5.91 Å². The Hall–Kier alpha value is -1.40. The predicted octanol–water partition coefficient (Wildman–Crippen LogP) is 0.291. The van der Waals surface area contributed by atoms with Gasteiger partial charge in [0.15, 0.2) is 0 Å². The van der Waals surface area contributed by atoms with Crippen LogP contribution >= 0.6 is 11.3 Å². The molecule has 86 valence electrons. The first-order chi connectivity index (χ1) is 7.59. The third kappa shape index (κ3) is 1.94. The molecule has 0 radical (unpaired) electrons. The average molecular weight is 240 g/mol. The van der Waals surface area contributed by atoms with E-state index < -0.39 is 17.9 Å². The minimum Gasteiger partial charge on any atom is -0.481 e. The van der Waals surface area contributed by atoms with Crippen molar-refractivity contribution < 1.29 is 14.7 Å². The van der Waals surface area contributed by atoms with Crippen molar-refractivity contribution in [1.29, 1.82) is 0 Å². The quantitative estimate of drug-likeness (QED) is 0.795. The molecule has 1 unspecified atom stereocenters. The SMILES string of the molecule is NC(C(=O)N1CC(C(=O)O)C1)c1cccs1. The van der Waals surface area contributed by atoms with Gasteiger partial charge in [-0.05, 0) is 11.4 Å². The second kappa shape index (κ2) is 4.23. The summed E-state index contributed by atoms with van der Waals surface area (Å²) in [7, 11) is 0. The van der Waals surface area contributed by atoms with Crippen LogP contribution in [0.25, 0.3) is 0 Å². The number of hydrogen-bond donors (Lipinski definition) is 2. The van der Waals surface area contributed by atoms with Crippen LogP contribution in [0.4, 0.5) is 0 Å². The maximum absolute atomic E-state index is 11.8. The van der Waals surface area contributed by atoms with Crippen LogP contribution in [0.5, 0.6) is 0 Å². The molecule has 6 heteroatoms. The van der Waals surface area contributed by atoms with Gasteiger partial charge in [0.1, 0.15) is 6.04 Å². The van der Waals surface area contributed by atoms with Gasteiger partial charge in [0, 0.05) is 18.0 Å². The number of hydrogen-bond acceptors (Lipinski definition) is 4. The highest BCUT2D eigenvalue weighted by atomic mass is 32.1. The number of likely N-dealkylation sites (tertiary alicyclic amines) is 1. The summed E-state index contributed by atoms with van der Waals surface area (Å²) in [5, 5.41) is 10.5. The molecule has 1 amide bonds. The van der Waals surface area contributed by atoms with Gasteiger partial charge in [-0.25, -0.2) is 0 Å². The maximum Gasteiger partial charge on any atom is 0.310 e. The van der Waals surface area contributed by atoms with E-state index in [0.29, 0.717) is 0 Å². The first-order valence-electron chi connectivity index (χ1n) is 4.90. The number of carbonyl (C=O) groups excluding carboxylic acids is 1. The topological polar surface area (TPSA) is 83.6 Å². The van der Waals surface area contributed by atoms with E-state index in [-0.39, 0.29) is 19.0 Å². The Kier molecular flexibility index (Phi) is 2.93. The number of thiophene rings is 1. The van der Waals surface area contributed by atoms with Crippen LogP contribution in [0, 0.1) is 5.92 Å². The highest BCUT2D eigenvalue weighted by Crippen LogP contribution is 2.23. The monoisotopic (exact) mass is 240 g/mol. The molecule has 3 N–H and O–H groups in total. The molecule has 1 aromatic heterocycles. The number of carboxylic acid groups (broad SMARTS) is 1. The second-order valence-corrected chi connectivity index (χ2v) is 4.75. The van der Waals surface area contributed by atoms with Crippen LogP contribution in [0.1, 0.15) is 10.9 Å². The Morgan fingerprint density at radius 3 is 2.75 bits per heavy atom. The van der Waals surface area contributed by atoms with E-state index in [1.54, 1.807) is 0 Å². The zero-order valence-electron chi connectivity index (χ0n) is 8.50. The van der Waals surface area contributed by atoms with Crippen molar-refractivity contribution in [2.45, 2.75) is 6.04 Å². The largest absolute Gasteiger partial charge is 0.481 e. The highest BCUT2D eigenvalue weighted by molar-refractivity contribution is 7.10. The van der Waals surface area contributed by atoms with E-state index in [0.717, 1.165) is 4.88 Å². The summed E-state index contributed by atoms with van der Waals surface area (Å²) in [6.07, 6.45) is 0. The number of amides is 1. The maximum atomic E-state index is 11.8. The number of nitrogens with two attached hydrogens (primary N) is 1.